The van der Waals surface area contributed by atoms with Gasteiger partial charge in [0.25, 0.3) is 5.91 Å². The zero-order valence-corrected chi connectivity index (χ0v) is 10.2. The van der Waals surface area contributed by atoms with E-state index < -0.39 is 17.5 Å². The summed E-state index contributed by atoms with van der Waals surface area (Å²) in [5.41, 5.74) is -0.543. The summed E-state index contributed by atoms with van der Waals surface area (Å²) in [6, 6.07) is 6.98. The molecule has 2 aromatic rings. The first-order valence-corrected chi connectivity index (χ1v) is 5.60. The van der Waals surface area contributed by atoms with Crippen molar-refractivity contribution in [1.29, 1.82) is 0 Å². The third-order valence-corrected chi connectivity index (χ3v) is 2.71. The van der Waals surface area contributed by atoms with Gasteiger partial charge in [-0.25, -0.2) is 8.78 Å². The van der Waals surface area contributed by atoms with Gasteiger partial charge in [-0.15, -0.1) is 0 Å². The molecule has 0 bridgehead atoms. The Morgan fingerprint density at radius 1 is 1.16 bits per heavy atom. The molecule has 0 aliphatic heterocycles. The number of nitrogens with one attached hydrogen (secondary N) is 1. The third-order valence-electron chi connectivity index (χ3n) is 2.39. The van der Waals surface area contributed by atoms with Crippen LogP contribution in [0.2, 0.25) is 5.02 Å². The number of anilines is 1. The summed E-state index contributed by atoms with van der Waals surface area (Å²) < 4.78 is 26.9. The summed E-state index contributed by atoms with van der Waals surface area (Å²) in [5.74, 6) is -2.78. The number of aromatic hydroxyl groups is 1. The van der Waals surface area contributed by atoms with E-state index in [0.29, 0.717) is 0 Å². The van der Waals surface area contributed by atoms with E-state index >= 15 is 0 Å². The van der Waals surface area contributed by atoms with E-state index in [4.69, 9.17) is 16.7 Å². The topological polar surface area (TPSA) is 49.3 Å². The molecule has 0 aliphatic carbocycles. The van der Waals surface area contributed by atoms with Crippen molar-refractivity contribution in [3.05, 3.63) is 58.6 Å². The van der Waals surface area contributed by atoms with E-state index in [2.05, 4.69) is 5.32 Å². The molecule has 2 aromatic carbocycles. The zero-order chi connectivity index (χ0) is 14.0. The minimum atomic E-state index is -0.868. The molecule has 0 atom stereocenters. The smallest absolute Gasteiger partial charge is 0.260 e. The van der Waals surface area contributed by atoms with Crippen LogP contribution in [0.5, 0.6) is 5.75 Å². The fourth-order valence-corrected chi connectivity index (χ4v) is 1.75. The lowest BCUT2D eigenvalue weighted by Crippen LogP contribution is -2.15. The Hall–Kier alpha value is -2.14. The first-order chi connectivity index (χ1) is 8.99. The normalized spacial score (nSPS) is 10.3. The largest absolute Gasteiger partial charge is 0.508 e. The second kappa shape index (κ2) is 5.24. The number of amides is 1. The van der Waals surface area contributed by atoms with Crippen molar-refractivity contribution in [1.82, 2.24) is 0 Å². The minimum Gasteiger partial charge on any atom is -0.508 e. The van der Waals surface area contributed by atoms with Crippen LogP contribution < -0.4 is 5.32 Å². The molecule has 0 aliphatic rings. The summed E-state index contributed by atoms with van der Waals surface area (Å²) in [7, 11) is 0. The van der Waals surface area contributed by atoms with E-state index in [1.807, 2.05) is 0 Å². The van der Waals surface area contributed by atoms with Gasteiger partial charge in [0.2, 0.25) is 0 Å². The molecule has 2 rings (SSSR count). The van der Waals surface area contributed by atoms with Gasteiger partial charge in [0, 0.05) is 6.07 Å². The molecule has 0 radical (unpaired) electrons. The predicted molar refractivity (Wildman–Crippen MR) is 67.4 cm³/mol. The molecule has 2 N–H and O–H groups in total. The highest BCUT2D eigenvalue weighted by atomic mass is 35.5. The van der Waals surface area contributed by atoms with Gasteiger partial charge < -0.3 is 10.4 Å². The lowest BCUT2D eigenvalue weighted by atomic mass is 10.2. The minimum absolute atomic E-state index is 0.0725. The molecule has 0 unspecified atom stereocenters. The lowest BCUT2D eigenvalue weighted by molar-refractivity contribution is 0.102. The number of phenols is 1. The Morgan fingerprint density at radius 2 is 1.89 bits per heavy atom. The monoisotopic (exact) mass is 283 g/mol. The average Bonchev–Trinajstić information content (AvgIpc) is 2.32. The van der Waals surface area contributed by atoms with Crippen molar-refractivity contribution < 1.29 is 18.7 Å². The Balaban J connectivity index is 2.31. The van der Waals surface area contributed by atoms with Gasteiger partial charge in [-0.1, -0.05) is 17.7 Å². The van der Waals surface area contributed by atoms with Crippen molar-refractivity contribution in [3.8, 4) is 5.75 Å². The first kappa shape index (κ1) is 13.3. The Bertz CT molecular complexity index is 626. The molecule has 19 heavy (non-hydrogen) atoms. The van der Waals surface area contributed by atoms with Crippen molar-refractivity contribution in [2.75, 3.05) is 5.32 Å². The summed E-state index contributed by atoms with van der Waals surface area (Å²) >= 11 is 5.72. The zero-order valence-electron chi connectivity index (χ0n) is 9.45. The molecule has 0 aromatic heterocycles. The van der Waals surface area contributed by atoms with Crippen LogP contribution in [0.3, 0.4) is 0 Å². The van der Waals surface area contributed by atoms with Gasteiger partial charge in [-0.2, -0.15) is 0 Å². The number of benzene rings is 2. The number of phenolic OH excluding ortho intramolecular Hbond substituents is 1. The summed E-state index contributed by atoms with van der Waals surface area (Å²) in [4.78, 5) is 11.8. The van der Waals surface area contributed by atoms with Crippen LogP contribution in [0.4, 0.5) is 14.5 Å². The van der Waals surface area contributed by atoms with E-state index in [9.17, 15) is 13.6 Å². The standard InChI is InChI=1S/C13H8ClF2NO2/c14-8-2-1-3-9(15)12(8)13(19)17-11-5-4-7(18)6-10(11)16/h1-6,18H,(H,17,19). The molecule has 0 saturated heterocycles. The third kappa shape index (κ3) is 2.82. The molecule has 3 nitrogen and oxygen atoms in total. The molecule has 0 heterocycles. The van der Waals surface area contributed by atoms with Gasteiger partial charge in [0.15, 0.2) is 0 Å². The second-order valence-electron chi connectivity index (χ2n) is 3.71. The lowest BCUT2D eigenvalue weighted by Gasteiger charge is -2.08. The highest BCUT2D eigenvalue weighted by Gasteiger charge is 2.17. The van der Waals surface area contributed by atoms with Gasteiger partial charge in [-0.3, -0.25) is 4.79 Å². The predicted octanol–water partition coefficient (Wildman–Crippen LogP) is 3.58. The van der Waals surface area contributed by atoms with Crippen LogP contribution in [0.1, 0.15) is 10.4 Å². The molecular formula is C13H8ClF2NO2. The number of rotatable bonds is 2. The number of carbonyl (C=O) groups is 1. The quantitative estimate of drug-likeness (QED) is 0.828. The van der Waals surface area contributed by atoms with Crippen molar-refractivity contribution in [2.45, 2.75) is 0 Å². The van der Waals surface area contributed by atoms with Gasteiger partial charge in [-0.05, 0) is 24.3 Å². The second-order valence-corrected chi connectivity index (χ2v) is 4.12. The van der Waals surface area contributed by atoms with Crippen molar-refractivity contribution in [3.63, 3.8) is 0 Å². The van der Waals surface area contributed by atoms with Crippen molar-refractivity contribution >= 4 is 23.2 Å². The summed E-state index contributed by atoms with van der Waals surface area (Å²) in [5, 5.41) is 11.2. The first-order valence-electron chi connectivity index (χ1n) is 5.23. The number of hydrogen-bond acceptors (Lipinski definition) is 2. The number of halogens is 3. The van der Waals surface area contributed by atoms with E-state index in [-0.39, 0.29) is 22.0 Å². The van der Waals surface area contributed by atoms with Crippen LogP contribution in [0.15, 0.2) is 36.4 Å². The molecule has 1 amide bonds. The maximum Gasteiger partial charge on any atom is 0.260 e. The van der Waals surface area contributed by atoms with Gasteiger partial charge in [0.1, 0.15) is 17.4 Å². The van der Waals surface area contributed by atoms with Gasteiger partial charge >= 0.3 is 0 Å². The van der Waals surface area contributed by atoms with Crippen LogP contribution in [0, 0.1) is 11.6 Å². The maximum atomic E-state index is 13.5. The van der Waals surface area contributed by atoms with Crippen LogP contribution in [0.25, 0.3) is 0 Å². The molecule has 0 spiro atoms. The van der Waals surface area contributed by atoms with Crippen LogP contribution in [-0.4, -0.2) is 11.0 Å². The Labute approximate surface area is 112 Å². The SMILES string of the molecule is O=C(Nc1ccc(O)cc1F)c1c(F)cccc1Cl. The molecule has 98 valence electrons. The number of carbonyl (C=O) groups excluding carboxylic acids is 1. The van der Waals surface area contributed by atoms with E-state index in [1.54, 1.807) is 0 Å². The molecule has 0 saturated carbocycles. The van der Waals surface area contributed by atoms with Gasteiger partial charge in [0.05, 0.1) is 16.3 Å². The number of hydrogen-bond donors (Lipinski definition) is 2. The average molecular weight is 284 g/mol. The van der Waals surface area contributed by atoms with Crippen molar-refractivity contribution in [2.24, 2.45) is 0 Å². The molecular weight excluding hydrogens is 276 g/mol. The Kier molecular flexibility index (Phi) is 3.66. The Morgan fingerprint density at radius 3 is 2.53 bits per heavy atom. The van der Waals surface area contributed by atoms with Crippen LogP contribution in [-0.2, 0) is 0 Å². The molecule has 0 fully saturated rings. The summed E-state index contributed by atoms with van der Waals surface area (Å²) in [6.45, 7) is 0. The summed E-state index contributed by atoms with van der Waals surface area (Å²) in [6.07, 6.45) is 0. The fourth-order valence-electron chi connectivity index (χ4n) is 1.50. The highest BCUT2D eigenvalue weighted by molar-refractivity contribution is 6.34. The fraction of sp³-hybridized carbons (Fsp3) is 0. The highest BCUT2D eigenvalue weighted by Crippen LogP contribution is 2.23. The molecule has 6 heteroatoms. The van der Waals surface area contributed by atoms with E-state index in [1.165, 1.54) is 18.2 Å². The maximum absolute atomic E-state index is 13.5. The van der Waals surface area contributed by atoms with E-state index in [0.717, 1.165) is 18.2 Å². The van der Waals surface area contributed by atoms with Crippen LogP contribution >= 0.6 is 11.6 Å².